The van der Waals surface area contributed by atoms with Crippen molar-refractivity contribution < 1.29 is 9.53 Å². The van der Waals surface area contributed by atoms with E-state index in [2.05, 4.69) is 15.5 Å². The number of aryl methyl sites for hydroxylation is 2. The lowest BCUT2D eigenvalue weighted by atomic mass is 10.1. The SMILES string of the molecule is COc1ccccc1-c1nnc(SCC(=O)Nc2ccc(C)cc2C)n1-c1ccccc1. The van der Waals surface area contributed by atoms with Crippen LogP contribution in [0.3, 0.4) is 0 Å². The molecule has 0 atom stereocenters. The van der Waals surface area contributed by atoms with Crippen LogP contribution in [0, 0.1) is 13.8 Å². The molecule has 1 aromatic heterocycles. The Kier molecular flexibility index (Phi) is 6.56. The Labute approximate surface area is 191 Å². The van der Waals surface area contributed by atoms with Crippen molar-refractivity contribution in [3.8, 4) is 22.8 Å². The molecule has 6 nitrogen and oxygen atoms in total. The predicted octanol–water partition coefficient (Wildman–Crippen LogP) is 5.29. The van der Waals surface area contributed by atoms with E-state index in [9.17, 15) is 4.79 Å². The molecule has 1 amide bonds. The third kappa shape index (κ3) is 4.68. The first kappa shape index (κ1) is 21.6. The average Bonchev–Trinajstić information content (AvgIpc) is 3.24. The van der Waals surface area contributed by atoms with Crippen LogP contribution in [0.1, 0.15) is 11.1 Å². The molecule has 4 aromatic rings. The second-order valence-corrected chi connectivity index (χ2v) is 8.28. The number of nitrogens with zero attached hydrogens (tertiary/aromatic N) is 3. The van der Waals surface area contributed by atoms with Crippen LogP contribution < -0.4 is 10.1 Å². The highest BCUT2D eigenvalue weighted by atomic mass is 32.2. The monoisotopic (exact) mass is 444 g/mol. The van der Waals surface area contributed by atoms with Crippen molar-refractivity contribution in [2.75, 3.05) is 18.2 Å². The summed E-state index contributed by atoms with van der Waals surface area (Å²) in [6.45, 7) is 4.02. The Hall–Kier alpha value is -3.58. The molecule has 0 unspecified atom stereocenters. The number of aromatic nitrogens is 3. The molecular weight excluding hydrogens is 420 g/mol. The number of thioether (sulfide) groups is 1. The van der Waals surface area contributed by atoms with Gasteiger partial charge in [0.15, 0.2) is 11.0 Å². The van der Waals surface area contributed by atoms with E-state index in [4.69, 9.17) is 4.74 Å². The van der Waals surface area contributed by atoms with Gasteiger partial charge in [-0.15, -0.1) is 10.2 Å². The zero-order valence-corrected chi connectivity index (χ0v) is 19.0. The van der Waals surface area contributed by atoms with Crippen LogP contribution in [0.5, 0.6) is 5.75 Å². The normalized spacial score (nSPS) is 10.7. The van der Waals surface area contributed by atoms with E-state index in [0.717, 1.165) is 28.1 Å². The van der Waals surface area contributed by atoms with Crippen molar-refractivity contribution in [2.24, 2.45) is 0 Å². The lowest BCUT2D eigenvalue weighted by Gasteiger charge is -2.12. The fourth-order valence-electron chi connectivity index (χ4n) is 3.45. The van der Waals surface area contributed by atoms with Gasteiger partial charge in [0.25, 0.3) is 0 Å². The van der Waals surface area contributed by atoms with Gasteiger partial charge in [-0.1, -0.05) is 59.8 Å². The van der Waals surface area contributed by atoms with Gasteiger partial charge in [0.2, 0.25) is 5.91 Å². The number of anilines is 1. The minimum Gasteiger partial charge on any atom is -0.496 e. The van der Waals surface area contributed by atoms with Gasteiger partial charge in [0, 0.05) is 11.4 Å². The molecular formula is C25H24N4O2S. The number of methoxy groups -OCH3 is 1. The molecule has 4 rings (SSSR count). The highest BCUT2D eigenvalue weighted by Crippen LogP contribution is 2.33. The summed E-state index contributed by atoms with van der Waals surface area (Å²) in [5.41, 5.74) is 4.76. The van der Waals surface area contributed by atoms with Crippen LogP contribution in [-0.4, -0.2) is 33.5 Å². The largest absolute Gasteiger partial charge is 0.496 e. The van der Waals surface area contributed by atoms with Gasteiger partial charge in [-0.3, -0.25) is 9.36 Å². The molecule has 0 radical (unpaired) electrons. The van der Waals surface area contributed by atoms with Gasteiger partial charge in [-0.05, 0) is 49.7 Å². The molecule has 0 saturated carbocycles. The molecule has 0 saturated heterocycles. The lowest BCUT2D eigenvalue weighted by Crippen LogP contribution is -2.15. The van der Waals surface area contributed by atoms with Crippen LogP contribution in [0.4, 0.5) is 5.69 Å². The number of carbonyl (C=O) groups is 1. The van der Waals surface area contributed by atoms with Crippen LogP contribution >= 0.6 is 11.8 Å². The number of benzene rings is 3. The molecule has 0 aliphatic heterocycles. The molecule has 32 heavy (non-hydrogen) atoms. The molecule has 0 spiro atoms. The molecule has 0 aliphatic carbocycles. The van der Waals surface area contributed by atoms with Crippen molar-refractivity contribution in [1.82, 2.24) is 14.8 Å². The standard InChI is InChI=1S/C25H24N4O2S/c1-17-13-14-21(18(2)15-17)26-23(30)16-32-25-28-27-24(20-11-7-8-12-22(20)31-3)29(25)19-9-5-4-6-10-19/h4-15H,16H2,1-3H3,(H,26,30). The van der Waals surface area contributed by atoms with Crippen molar-refractivity contribution in [3.05, 3.63) is 83.9 Å². The van der Waals surface area contributed by atoms with Crippen LogP contribution in [0.2, 0.25) is 0 Å². The second-order valence-electron chi connectivity index (χ2n) is 7.33. The van der Waals surface area contributed by atoms with E-state index in [-0.39, 0.29) is 11.7 Å². The molecule has 0 fully saturated rings. The first-order chi connectivity index (χ1) is 15.6. The van der Waals surface area contributed by atoms with Crippen molar-refractivity contribution in [3.63, 3.8) is 0 Å². The highest BCUT2D eigenvalue weighted by molar-refractivity contribution is 7.99. The topological polar surface area (TPSA) is 69.0 Å². The van der Waals surface area contributed by atoms with E-state index >= 15 is 0 Å². The summed E-state index contributed by atoms with van der Waals surface area (Å²) >= 11 is 1.34. The smallest absolute Gasteiger partial charge is 0.234 e. The van der Waals surface area contributed by atoms with Gasteiger partial charge in [-0.2, -0.15) is 0 Å². The quantitative estimate of drug-likeness (QED) is 0.392. The van der Waals surface area contributed by atoms with E-state index in [1.165, 1.54) is 11.8 Å². The fourth-order valence-corrected chi connectivity index (χ4v) is 4.20. The Morgan fingerprint density at radius 2 is 1.75 bits per heavy atom. The Balaban J connectivity index is 1.61. The summed E-state index contributed by atoms with van der Waals surface area (Å²) in [5.74, 6) is 1.49. The Morgan fingerprint density at radius 3 is 2.50 bits per heavy atom. The number of para-hydroxylation sites is 2. The maximum Gasteiger partial charge on any atom is 0.234 e. The van der Waals surface area contributed by atoms with Crippen molar-refractivity contribution in [1.29, 1.82) is 0 Å². The van der Waals surface area contributed by atoms with Crippen LogP contribution in [0.15, 0.2) is 78.0 Å². The van der Waals surface area contributed by atoms with Gasteiger partial charge < -0.3 is 10.1 Å². The molecule has 0 aliphatic rings. The molecule has 3 aromatic carbocycles. The fraction of sp³-hybridized carbons (Fsp3) is 0.160. The lowest BCUT2D eigenvalue weighted by molar-refractivity contribution is -0.113. The molecule has 7 heteroatoms. The van der Waals surface area contributed by atoms with E-state index < -0.39 is 0 Å². The minimum absolute atomic E-state index is 0.0941. The Bertz CT molecular complexity index is 1240. The number of amides is 1. The predicted molar refractivity (Wildman–Crippen MR) is 129 cm³/mol. The van der Waals surface area contributed by atoms with Crippen molar-refractivity contribution >= 4 is 23.4 Å². The maximum absolute atomic E-state index is 12.6. The summed E-state index contributed by atoms with van der Waals surface area (Å²) < 4.78 is 7.48. The van der Waals surface area contributed by atoms with Crippen LogP contribution in [0.25, 0.3) is 17.1 Å². The first-order valence-corrected chi connectivity index (χ1v) is 11.2. The molecule has 1 heterocycles. The molecule has 1 N–H and O–H groups in total. The number of hydrogen-bond donors (Lipinski definition) is 1. The number of nitrogens with one attached hydrogen (secondary N) is 1. The Morgan fingerprint density at radius 1 is 1.00 bits per heavy atom. The zero-order chi connectivity index (χ0) is 22.5. The highest BCUT2D eigenvalue weighted by Gasteiger charge is 2.19. The van der Waals surface area contributed by atoms with Gasteiger partial charge >= 0.3 is 0 Å². The summed E-state index contributed by atoms with van der Waals surface area (Å²) in [6, 6.07) is 23.5. The summed E-state index contributed by atoms with van der Waals surface area (Å²) in [6.07, 6.45) is 0. The van der Waals surface area contributed by atoms with Gasteiger partial charge in [-0.25, -0.2) is 0 Å². The van der Waals surface area contributed by atoms with E-state index in [0.29, 0.717) is 16.7 Å². The average molecular weight is 445 g/mol. The van der Waals surface area contributed by atoms with Gasteiger partial charge in [0.1, 0.15) is 5.75 Å². The third-order valence-electron chi connectivity index (χ3n) is 4.98. The van der Waals surface area contributed by atoms with Gasteiger partial charge in [0.05, 0.1) is 18.4 Å². The van der Waals surface area contributed by atoms with E-state index in [1.54, 1.807) is 7.11 Å². The number of ether oxygens (including phenoxy) is 1. The summed E-state index contributed by atoms with van der Waals surface area (Å²) in [5, 5.41) is 12.4. The molecule has 0 bridgehead atoms. The second kappa shape index (κ2) is 9.70. The van der Waals surface area contributed by atoms with Crippen molar-refractivity contribution in [2.45, 2.75) is 19.0 Å². The number of carbonyl (C=O) groups excluding carboxylic acids is 1. The third-order valence-corrected chi connectivity index (χ3v) is 5.91. The summed E-state index contributed by atoms with van der Waals surface area (Å²) in [7, 11) is 1.63. The molecule has 162 valence electrons. The minimum atomic E-state index is -0.0941. The summed E-state index contributed by atoms with van der Waals surface area (Å²) in [4.78, 5) is 12.6. The first-order valence-electron chi connectivity index (χ1n) is 10.2. The number of rotatable bonds is 7. The van der Waals surface area contributed by atoms with E-state index in [1.807, 2.05) is 91.2 Å². The maximum atomic E-state index is 12.6. The van der Waals surface area contributed by atoms with Crippen LogP contribution in [-0.2, 0) is 4.79 Å². The number of hydrogen-bond acceptors (Lipinski definition) is 5. The zero-order valence-electron chi connectivity index (χ0n) is 18.2.